The van der Waals surface area contributed by atoms with Crippen molar-refractivity contribution in [3.05, 3.63) is 0 Å². The van der Waals surface area contributed by atoms with E-state index in [-0.39, 0.29) is 11.4 Å². The number of carbonyl (C=O) groups excluding carboxylic acids is 1. The predicted molar refractivity (Wildman–Crippen MR) is 72.9 cm³/mol. The topological polar surface area (TPSA) is 69.6 Å². The summed E-state index contributed by atoms with van der Waals surface area (Å²) in [5.41, 5.74) is 0.134. The Kier molecular flexibility index (Phi) is 5.31. The summed E-state index contributed by atoms with van der Waals surface area (Å²) in [7, 11) is 0. The Bertz CT molecular complexity index is 320. The van der Waals surface area contributed by atoms with Gasteiger partial charge in [-0.15, -0.1) is 0 Å². The molecule has 0 saturated carbocycles. The van der Waals surface area contributed by atoms with E-state index in [2.05, 4.69) is 19.2 Å². The van der Waals surface area contributed by atoms with Crippen molar-refractivity contribution in [1.29, 1.82) is 0 Å². The highest BCUT2D eigenvalue weighted by atomic mass is 32.2. The minimum absolute atomic E-state index is 0.134. The van der Waals surface area contributed by atoms with Crippen molar-refractivity contribution in [2.24, 2.45) is 5.41 Å². The molecule has 1 unspecified atom stereocenters. The fourth-order valence-corrected chi connectivity index (χ4v) is 2.49. The third kappa shape index (κ3) is 4.40. The van der Waals surface area contributed by atoms with E-state index in [4.69, 9.17) is 5.11 Å². The van der Waals surface area contributed by atoms with Crippen LogP contribution in [0, 0.1) is 5.41 Å². The second-order valence-electron chi connectivity index (χ2n) is 5.46. The maximum absolute atomic E-state index is 12.0. The number of rotatable bonds is 5. The SMILES string of the molecule is CSCCC(NC(=O)N1CCC(C)(C)C1)C(=O)O. The van der Waals surface area contributed by atoms with Gasteiger partial charge >= 0.3 is 12.0 Å². The molecule has 0 radical (unpaired) electrons. The Hall–Kier alpha value is -0.910. The van der Waals surface area contributed by atoms with Crippen molar-refractivity contribution in [3.63, 3.8) is 0 Å². The lowest BCUT2D eigenvalue weighted by molar-refractivity contribution is -0.139. The van der Waals surface area contributed by atoms with Gasteiger partial charge in [0.05, 0.1) is 0 Å². The Balaban J connectivity index is 2.49. The summed E-state index contributed by atoms with van der Waals surface area (Å²) in [6, 6.07) is -1.04. The molecule has 104 valence electrons. The van der Waals surface area contributed by atoms with Gasteiger partial charge in [0, 0.05) is 13.1 Å². The highest BCUT2D eigenvalue weighted by molar-refractivity contribution is 7.98. The lowest BCUT2D eigenvalue weighted by Gasteiger charge is -2.22. The van der Waals surface area contributed by atoms with E-state index < -0.39 is 12.0 Å². The maximum atomic E-state index is 12.0. The van der Waals surface area contributed by atoms with Gasteiger partial charge in [-0.2, -0.15) is 11.8 Å². The molecule has 1 fully saturated rings. The summed E-state index contributed by atoms with van der Waals surface area (Å²) < 4.78 is 0. The predicted octanol–water partition coefficient (Wildman–Crippen LogP) is 1.63. The third-order valence-corrected chi connectivity index (χ3v) is 3.82. The number of amides is 2. The fraction of sp³-hybridized carbons (Fsp3) is 0.833. The Morgan fingerprint density at radius 2 is 2.17 bits per heavy atom. The minimum Gasteiger partial charge on any atom is -0.480 e. The van der Waals surface area contributed by atoms with Crippen LogP contribution >= 0.6 is 11.8 Å². The van der Waals surface area contributed by atoms with Crippen molar-refractivity contribution < 1.29 is 14.7 Å². The lowest BCUT2D eigenvalue weighted by atomic mass is 9.93. The van der Waals surface area contributed by atoms with Crippen LogP contribution in [-0.4, -0.2) is 53.1 Å². The van der Waals surface area contributed by atoms with Crippen LogP contribution < -0.4 is 5.32 Å². The van der Waals surface area contributed by atoms with Crippen LogP contribution in [0.5, 0.6) is 0 Å². The summed E-state index contributed by atoms with van der Waals surface area (Å²) in [6.07, 6.45) is 3.34. The molecule has 1 atom stereocenters. The molecule has 1 heterocycles. The molecule has 0 aromatic heterocycles. The van der Waals surface area contributed by atoms with Crippen LogP contribution in [0.1, 0.15) is 26.7 Å². The van der Waals surface area contributed by atoms with Crippen molar-refractivity contribution in [3.8, 4) is 0 Å². The molecule has 0 aromatic rings. The number of likely N-dealkylation sites (tertiary alicyclic amines) is 1. The first-order chi connectivity index (χ1) is 8.35. The van der Waals surface area contributed by atoms with Gasteiger partial charge in [0.25, 0.3) is 0 Å². The molecule has 2 amide bonds. The van der Waals surface area contributed by atoms with Crippen LogP contribution in [0.15, 0.2) is 0 Å². The van der Waals surface area contributed by atoms with Crippen LogP contribution in [0.2, 0.25) is 0 Å². The molecule has 1 rings (SSSR count). The highest BCUT2D eigenvalue weighted by Crippen LogP contribution is 2.28. The molecular formula is C12H22N2O3S. The standard InChI is InChI=1S/C12H22N2O3S/c1-12(2)5-6-14(8-12)11(17)13-9(10(15)16)4-7-18-3/h9H,4-8H2,1-3H3,(H,13,17)(H,15,16). The molecular weight excluding hydrogens is 252 g/mol. The number of nitrogens with zero attached hydrogens (tertiary/aromatic N) is 1. The van der Waals surface area contributed by atoms with Gasteiger partial charge < -0.3 is 15.3 Å². The summed E-state index contributed by atoms with van der Waals surface area (Å²) in [5.74, 6) is -0.237. The Labute approximate surface area is 112 Å². The van der Waals surface area contributed by atoms with Crippen molar-refractivity contribution in [1.82, 2.24) is 10.2 Å². The number of carboxylic acid groups (broad SMARTS) is 1. The number of thioether (sulfide) groups is 1. The highest BCUT2D eigenvalue weighted by Gasteiger charge is 2.33. The number of hydrogen-bond acceptors (Lipinski definition) is 3. The van der Waals surface area contributed by atoms with Crippen molar-refractivity contribution in [2.45, 2.75) is 32.7 Å². The molecule has 0 spiro atoms. The third-order valence-electron chi connectivity index (χ3n) is 3.17. The van der Waals surface area contributed by atoms with E-state index >= 15 is 0 Å². The molecule has 1 aliphatic heterocycles. The first-order valence-electron chi connectivity index (χ1n) is 6.13. The van der Waals surface area contributed by atoms with Gasteiger partial charge in [-0.1, -0.05) is 13.8 Å². The second-order valence-corrected chi connectivity index (χ2v) is 6.44. The average Bonchev–Trinajstić information content (AvgIpc) is 2.64. The summed E-state index contributed by atoms with van der Waals surface area (Å²) in [5, 5.41) is 11.7. The molecule has 6 heteroatoms. The largest absolute Gasteiger partial charge is 0.480 e. The second kappa shape index (κ2) is 6.31. The average molecular weight is 274 g/mol. The summed E-state index contributed by atoms with van der Waals surface area (Å²) in [4.78, 5) is 24.7. The first kappa shape index (κ1) is 15.1. The Morgan fingerprint density at radius 3 is 2.61 bits per heavy atom. The molecule has 2 N–H and O–H groups in total. The smallest absolute Gasteiger partial charge is 0.326 e. The molecule has 0 bridgehead atoms. The summed E-state index contributed by atoms with van der Waals surface area (Å²) in [6.45, 7) is 5.62. The van der Waals surface area contributed by atoms with Crippen LogP contribution in [-0.2, 0) is 4.79 Å². The van der Waals surface area contributed by atoms with Crippen LogP contribution in [0.4, 0.5) is 4.79 Å². The molecule has 0 aliphatic carbocycles. The lowest BCUT2D eigenvalue weighted by Crippen LogP contribution is -2.47. The van der Waals surface area contributed by atoms with E-state index in [1.54, 1.807) is 16.7 Å². The van der Waals surface area contributed by atoms with E-state index in [0.717, 1.165) is 12.2 Å². The van der Waals surface area contributed by atoms with E-state index in [9.17, 15) is 9.59 Å². The van der Waals surface area contributed by atoms with E-state index in [0.29, 0.717) is 19.5 Å². The van der Waals surface area contributed by atoms with Crippen molar-refractivity contribution in [2.75, 3.05) is 25.1 Å². The molecule has 0 aromatic carbocycles. The van der Waals surface area contributed by atoms with Gasteiger partial charge in [0.15, 0.2) is 0 Å². The van der Waals surface area contributed by atoms with Gasteiger partial charge in [0.2, 0.25) is 0 Å². The maximum Gasteiger partial charge on any atom is 0.326 e. The minimum atomic E-state index is -0.962. The van der Waals surface area contributed by atoms with Crippen molar-refractivity contribution >= 4 is 23.8 Å². The zero-order valence-corrected chi connectivity index (χ0v) is 12.0. The molecule has 18 heavy (non-hydrogen) atoms. The van der Waals surface area contributed by atoms with E-state index in [1.807, 2.05) is 6.26 Å². The van der Waals surface area contributed by atoms with Gasteiger partial charge in [-0.05, 0) is 30.3 Å². The number of urea groups is 1. The zero-order chi connectivity index (χ0) is 13.8. The van der Waals surface area contributed by atoms with Gasteiger partial charge in [-0.25, -0.2) is 9.59 Å². The van der Waals surface area contributed by atoms with Gasteiger partial charge in [-0.3, -0.25) is 0 Å². The summed E-state index contributed by atoms with van der Waals surface area (Å²) >= 11 is 1.58. The normalized spacial score (nSPS) is 19.6. The fourth-order valence-electron chi connectivity index (χ4n) is 2.02. The Morgan fingerprint density at radius 1 is 1.50 bits per heavy atom. The number of aliphatic carboxylic acids is 1. The monoisotopic (exact) mass is 274 g/mol. The molecule has 1 aliphatic rings. The number of carbonyl (C=O) groups is 2. The van der Waals surface area contributed by atoms with Crippen LogP contribution in [0.3, 0.4) is 0 Å². The number of carboxylic acids is 1. The zero-order valence-electron chi connectivity index (χ0n) is 11.2. The first-order valence-corrected chi connectivity index (χ1v) is 7.52. The molecule has 5 nitrogen and oxygen atoms in total. The number of nitrogens with one attached hydrogen (secondary N) is 1. The van der Waals surface area contributed by atoms with E-state index in [1.165, 1.54) is 0 Å². The van der Waals surface area contributed by atoms with Crippen LogP contribution in [0.25, 0.3) is 0 Å². The number of hydrogen-bond donors (Lipinski definition) is 2. The quantitative estimate of drug-likeness (QED) is 0.799. The van der Waals surface area contributed by atoms with Gasteiger partial charge in [0.1, 0.15) is 6.04 Å². The molecule has 1 saturated heterocycles.